The summed E-state index contributed by atoms with van der Waals surface area (Å²) in [5, 5.41) is 10.7. The summed E-state index contributed by atoms with van der Waals surface area (Å²) >= 11 is 1.88. The third kappa shape index (κ3) is 3.62. The van der Waals surface area contributed by atoms with Crippen LogP contribution in [0.15, 0.2) is 29.3 Å². The van der Waals surface area contributed by atoms with E-state index in [-0.39, 0.29) is 0 Å². The van der Waals surface area contributed by atoms with Crippen molar-refractivity contribution in [2.75, 3.05) is 32.7 Å². The van der Waals surface area contributed by atoms with Crippen molar-refractivity contribution in [2.24, 2.45) is 4.99 Å². The van der Waals surface area contributed by atoms with Gasteiger partial charge in [0.2, 0.25) is 0 Å². The van der Waals surface area contributed by atoms with Crippen molar-refractivity contribution < 1.29 is 9.90 Å². The van der Waals surface area contributed by atoms with Gasteiger partial charge in [0.15, 0.2) is 5.17 Å². The molecule has 0 aliphatic carbocycles. The minimum Gasteiger partial charge on any atom is -0.478 e. The van der Waals surface area contributed by atoms with Crippen molar-refractivity contribution in [1.82, 2.24) is 9.80 Å². The number of piperazine rings is 1. The number of aliphatic imine (C=N–C) groups is 1. The first-order valence-corrected chi connectivity index (χ1v) is 8.50. The highest BCUT2D eigenvalue weighted by atomic mass is 32.2. The van der Waals surface area contributed by atoms with Crippen LogP contribution in [0.4, 0.5) is 0 Å². The number of amidine groups is 1. The first kappa shape index (κ1) is 15.4. The highest BCUT2D eigenvalue weighted by Crippen LogP contribution is 2.23. The number of thioether (sulfide) groups is 1. The Balaban J connectivity index is 1.50. The summed E-state index contributed by atoms with van der Waals surface area (Å²) in [4.78, 5) is 20.3. The van der Waals surface area contributed by atoms with Crippen LogP contribution >= 0.6 is 11.8 Å². The van der Waals surface area contributed by atoms with Gasteiger partial charge in [0.25, 0.3) is 0 Å². The maximum atomic E-state index is 10.9. The van der Waals surface area contributed by atoms with Crippen molar-refractivity contribution in [3.63, 3.8) is 0 Å². The first-order chi connectivity index (χ1) is 10.6. The minimum absolute atomic E-state index is 0.346. The van der Waals surface area contributed by atoms with Gasteiger partial charge >= 0.3 is 5.97 Å². The van der Waals surface area contributed by atoms with Crippen LogP contribution in [0.3, 0.4) is 0 Å². The van der Waals surface area contributed by atoms with Gasteiger partial charge in [-0.15, -0.1) is 0 Å². The maximum absolute atomic E-state index is 10.9. The van der Waals surface area contributed by atoms with Crippen LogP contribution in [-0.4, -0.2) is 64.0 Å². The van der Waals surface area contributed by atoms with Gasteiger partial charge in [-0.25, -0.2) is 4.79 Å². The fraction of sp³-hybridized carbons (Fsp3) is 0.500. The fourth-order valence-electron chi connectivity index (χ4n) is 2.74. The standard InChI is InChI=1S/C16H21N3O2S/c1-12-10-17-16(22-12)19-8-6-18(7-9-19)11-13-2-4-14(5-3-13)15(20)21/h2-5,12H,6-11H2,1H3,(H,20,21). The Kier molecular flexibility index (Phi) is 4.69. The molecule has 0 radical (unpaired) electrons. The molecule has 3 rings (SSSR count). The maximum Gasteiger partial charge on any atom is 0.335 e. The van der Waals surface area contributed by atoms with Crippen LogP contribution in [0.5, 0.6) is 0 Å². The van der Waals surface area contributed by atoms with Gasteiger partial charge in [-0.05, 0) is 17.7 Å². The number of hydrogen-bond acceptors (Lipinski definition) is 5. The summed E-state index contributed by atoms with van der Waals surface area (Å²) < 4.78 is 0. The smallest absolute Gasteiger partial charge is 0.335 e. The molecule has 1 N–H and O–H groups in total. The quantitative estimate of drug-likeness (QED) is 0.923. The molecule has 1 atom stereocenters. The van der Waals surface area contributed by atoms with Crippen molar-refractivity contribution in [1.29, 1.82) is 0 Å². The van der Waals surface area contributed by atoms with Crippen molar-refractivity contribution in [2.45, 2.75) is 18.7 Å². The molecule has 0 bridgehead atoms. The monoisotopic (exact) mass is 319 g/mol. The lowest BCUT2D eigenvalue weighted by Gasteiger charge is -2.35. The molecular weight excluding hydrogens is 298 g/mol. The van der Waals surface area contributed by atoms with Crippen LogP contribution < -0.4 is 0 Å². The molecule has 6 heteroatoms. The molecule has 0 aromatic heterocycles. The van der Waals surface area contributed by atoms with E-state index >= 15 is 0 Å². The second-order valence-electron chi connectivity index (χ2n) is 5.82. The van der Waals surface area contributed by atoms with Gasteiger partial charge in [-0.2, -0.15) is 0 Å². The number of rotatable bonds is 3. The number of hydrogen-bond donors (Lipinski definition) is 1. The molecule has 0 amide bonds. The number of carboxylic acid groups (broad SMARTS) is 1. The highest BCUT2D eigenvalue weighted by Gasteiger charge is 2.24. The summed E-state index contributed by atoms with van der Waals surface area (Å²) in [7, 11) is 0. The predicted molar refractivity (Wildman–Crippen MR) is 89.6 cm³/mol. The average Bonchev–Trinajstić information content (AvgIpc) is 2.95. The second-order valence-corrected chi connectivity index (χ2v) is 7.22. The van der Waals surface area contributed by atoms with E-state index in [4.69, 9.17) is 5.11 Å². The van der Waals surface area contributed by atoms with E-state index in [1.54, 1.807) is 12.1 Å². The van der Waals surface area contributed by atoms with E-state index in [9.17, 15) is 4.79 Å². The summed E-state index contributed by atoms with van der Waals surface area (Å²) in [6.45, 7) is 8.12. The lowest BCUT2D eigenvalue weighted by Crippen LogP contribution is -2.47. The summed E-state index contributed by atoms with van der Waals surface area (Å²) in [5.74, 6) is -0.871. The summed E-state index contributed by atoms with van der Waals surface area (Å²) in [6, 6.07) is 7.18. The van der Waals surface area contributed by atoms with Crippen LogP contribution in [-0.2, 0) is 6.54 Å². The Morgan fingerprint density at radius 1 is 1.27 bits per heavy atom. The molecule has 118 valence electrons. The van der Waals surface area contributed by atoms with Crippen LogP contribution in [0, 0.1) is 0 Å². The van der Waals surface area contributed by atoms with E-state index in [1.807, 2.05) is 23.9 Å². The number of carbonyl (C=O) groups is 1. The van der Waals surface area contributed by atoms with E-state index in [2.05, 4.69) is 21.7 Å². The molecule has 1 fully saturated rings. The van der Waals surface area contributed by atoms with Crippen molar-refractivity contribution in [3.8, 4) is 0 Å². The molecular formula is C16H21N3O2S. The molecule has 2 aliphatic rings. The van der Waals surface area contributed by atoms with E-state index in [0.717, 1.165) is 39.3 Å². The Labute approximate surface area is 135 Å². The van der Waals surface area contributed by atoms with Gasteiger partial charge in [-0.3, -0.25) is 9.89 Å². The molecule has 22 heavy (non-hydrogen) atoms. The number of aromatic carboxylic acids is 1. The van der Waals surface area contributed by atoms with Crippen molar-refractivity contribution in [3.05, 3.63) is 35.4 Å². The van der Waals surface area contributed by atoms with Gasteiger partial charge in [0.1, 0.15) is 0 Å². The molecule has 0 saturated carbocycles. The van der Waals surface area contributed by atoms with Gasteiger partial charge < -0.3 is 10.0 Å². The molecule has 0 spiro atoms. The predicted octanol–water partition coefficient (Wildman–Crippen LogP) is 1.99. The van der Waals surface area contributed by atoms with Gasteiger partial charge in [-0.1, -0.05) is 30.8 Å². The zero-order valence-corrected chi connectivity index (χ0v) is 13.6. The molecule has 2 heterocycles. The zero-order chi connectivity index (χ0) is 15.5. The number of carboxylic acids is 1. The first-order valence-electron chi connectivity index (χ1n) is 7.62. The lowest BCUT2D eigenvalue weighted by atomic mass is 10.1. The van der Waals surface area contributed by atoms with E-state index in [1.165, 1.54) is 10.7 Å². The van der Waals surface area contributed by atoms with Gasteiger partial charge in [0, 0.05) is 38.0 Å². The van der Waals surface area contributed by atoms with Crippen LogP contribution in [0.25, 0.3) is 0 Å². The molecule has 1 saturated heterocycles. The normalized spacial score (nSPS) is 22.7. The van der Waals surface area contributed by atoms with E-state index < -0.39 is 5.97 Å². The third-order valence-corrected chi connectivity index (χ3v) is 5.19. The van der Waals surface area contributed by atoms with Crippen molar-refractivity contribution >= 4 is 22.9 Å². The number of benzene rings is 1. The Morgan fingerprint density at radius 2 is 1.95 bits per heavy atom. The Hall–Kier alpha value is -1.53. The molecule has 1 aromatic rings. The summed E-state index contributed by atoms with van der Waals surface area (Å²) in [6.07, 6.45) is 0. The molecule has 5 nitrogen and oxygen atoms in total. The van der Waals surface area contributed by atoms with Crippen LogP contribution in [0.1, 0.15) is 22.8 Å². The zero-order valence-electron chi connectivity index (χ0n) is 12.7. The Morgan fingerprint density at radius 3 is 2.50 bits per heavy atom. The molecule has 1 unspecified atom stereocenters. The lowest BCUT2D eigenvalue weighted by molar-refractivity contribution is 0.0697. The topological polar surface area (TPSA) is 56.1 Å². The minimum atomic E-state index is -0.871. The third-order valence-electron chi connectivity index (χ3n) is 4.04. The summed E-state index contributed by atoms with van der Waals surface area (Å²) in [5.41, 5.74) is 1.51. The SMILES string of the molecule is CC1CN=C(N2CCN(Cc3ccc(C(=O)O)cc3)CC2)S1. The molecule has 2 aliphatic heterocycles. The van der Waals surface area contributed by atoms with Gasteiger partial charge in [0.05, 0.1) is 12.1 Å². The van der Waals surface area contributed by atoms with E-state index in [0.29, 0.717) is 10.8 Å². The van der Waals surface area contributed by atoms with Crippen LogP contribution in [0.2, 0.25) is 0 Å². The Bertz CT molecular complexity index is 565. The highest BCUT2D eigenvalue weighted by molar-refractivity contribution is 8.14. The molecule has 1 aromatic carbocycles. The largest absolute Gasteiger partial charge is 0.478 e. The average molecular weight is 319 g/mol. The number of nitrogens with zero attached hydrogens (tertiary/aromatic N) is 3. The fourth-order valence-corrected chi connectivity index (χ4v) is 3.73. The second kappa shape index (κ2) is 6.71.